The van der Waals surface area contributed by atoms with Crippen molar-refractivity contribution >= 4 is 17.2 Å². The maximum absolute atomic E-state index is 10.9. The van der Waals surface area contributed by atoms with Crippen molar-refractivity contribution in [1.82, 2.24) is 10.4 Å². The summed E-state index contributed by atoms with van der Waals surface area (Å²) in [4.78, 5) is 14.9. The maximum atomic E-state index is 10.9. The first-order valence-electron chi connectivity index (χ1n) is 3.43. The zero-order valence-corrected chi connectivity index (χ0v) is 7.23. The highest BCUT2D eigenvalue weighted by Crippen LogP contribution is 2.09. The van der Waals surface area contributed by atoms with Crippen molar-refractivity contribution in [3.63, 3.8) is 0 Å². The van der Waals surface area contributed by atoms with Crippen LogP contribution in [0.2, 0.25) is 0 Å². The first-order valence-corrected chi connectivity index (χ1v) is 4.31. The van der Waals surface area contributed by atoms with Gasteiger partial charge in [-0.25, -0.2) is 10.8 Å². The number of nitrogen functional groups attached to an aromatic ring is 1. The van der Waals surface area contributed by atoms with Gasteiger partial charge in [0, 0.05) is 11.8 Å². The topological polar surface area (TPSA) is 94.0 Å². The van der Waals surface area contributed by atoms with Crippen LogP contribution in [0.5, 0.6) is 0 Å². The van der Waals surface area contributed by atoms with Gasteiger partial charge in [0.25, 0.3) is 5.91 Å². The van der Waals surface area contributed by atoms with E-state index in [1.54, 1.807) is 5.38 Å². The van der Waals surface area contributed by atoms with E-state index in [-0.39, 0.29) is 5.91 Å². The van der Waals surface area contributed by atoms with E-state index in [9.17, 15) is 4.79 Å². The Morgan fingerprint density at radius 3 is 3.08 bits per heavy atom. The summed E-state index contributed by atoms with van der Waals surface area (Å²) in [5.41, 5.74) is 7.68. The van der Waals surface area contributed by atoms with E-state index in [1.165, 1.54) is 11.3 Å². The number of hydrogen-bond donors (Lipinski definition) is 3. The molecule has 0 aliphatic heterocycles. The highest BCUT2D eigenvalue weighted by atomic mass is 32.1. The van der Waals surface area contributed by atoms with E-state index in [2.05, 4.69) is 4.98 Å². The quantitative estimate of drug-likeness (QED) is 0.329. The number of nitrogens with two attached hydrogens (primary N) is 2. The summed E-state index contributed by atoms with van der Waals surface area (Å²) in [5.74, 6) is 4.56. The molecule has 66 valence electrons. The normalized spacial score (nSPS) is 9.83. The number of hydrogen-bond acceptors (Lipinski definition) is 5. The molecule has 0 aromatic carbocycles. The van der Waals surface area contributed by atoms with Gasteiger partial charge in [0.15, 0.2) is 0 Å². The van der Waals surface area contributed by atoms with Crippen LogP contribution in [0.1, 0.15) is 15.5 Å². The zero-order chi connectivity index (χ0) is 8.97. The molecule has 1 rings (SSSR count). The Labute approximate surface area is 73.7 Å². The molecule has 12 heavy (non-hydrogen) atoms. The molecule has 0 saturated carbocycles. The Bertz CT molecular complexity index is 272. The summed E-state index contributed by atoms with van der Waals surface area (Å²) >= 11 is 1.41. The number of thiazole rings is 1. The predicted molar refractivity (Wildman–Crippen MR) is 46.5 cm³/mol. The summed E-state index contributed by atoms with van der Waals surface area (Å²) in [6, 6.07) is 0. The molecule has 0 saturated heterocycles. The lowest BCUT2D eigenvalue weighted by atomic mass is 10.4. The third-order valence-corrected chi connectivity index (χ3v) is 2.18. The molecule has 5 nitrogen and oxygen atoms in total. The number of carbonyl (C=O) groups excluding carboxylic acids is 1. The van der Waals surface area contributed by atoms with Crippen molar-refractivity contribution in [2.24, 2.45) is 11.6 Å². The Balaban J connectivity index is 2.70. The SMILES string of the molecule is NCCc1nc(C(=O)NN)cs1. The predicted octanol–water partition coefficient (Wildman–Crippen LogP) is -0.752. The molecule has 5 N–H and O–H groups in total. The number of nitrogens with zero attached hydrogens (tertiary/aromatic N) is 1. The summed E-state index contributed by atoms with van der Waals surface area (Å²) < 4.78 is 0. The average Bonchev–Trinajstić information content (AvgIpc) is 2.52. The third kappa shape index (κ3) is 2.00. The summed E-state index contributed by atoms with van der Waals surface area (Å²) in [5, 5.41) is 2.52. The lowest BCUT2D eigenvalue weighted by Gasteiger charge is -1.91. The maximum Gasteiger partial charge on any atom is 0.284 e. The van der Waals surface area contributed by atoms with Crippen LogP contribution in [-0.2, 0) is 6.42 Å². The van der Waals surface area contributed by atoms with E-state index in [0.717, 1.165) is 5.01 Å². The fourth-order valence-electron chi connectivity index (χ4n) is 0.727. The Kier molecular flexibility index (Phi) is 3.15. The monoisotopic (exact) mass is 186 g/mol. The molecule has 0 bridgehead atoms. The van der Waals surface area contributed by atoms with E-state index >= 15 is 0 Å². The van der Waals surface area contributed by atoms with Gasteiger partial charge in [-0.1, -0.05) is 0 Å². The van der Waals surface area contributed by atoms with Crippen molar-refractivity contribution in [1.29, 1.82) is 0 Å². The highest BCUT2D eigenvalue weighted by Gasteiger charge is 2.07. The second-order valence-electron chi connectivity index (χ2n) is 2.14. The van der Waals surface area contributed by atoms with Gasteiger partial charge in [-0.15, -0.1) is 11.3 Å². The molecule has 0 atom stereocenters. The van der Waals surface area contributed by atoms with Crippen LogP contribution in [0.25, 0.3) is 0 Å². The second kappa shape index (κ2) is 4.15. The van der Waals surface area contributed by atoms with Crippen LogP contribution in [-0.4, -0.2) is 17.4 Å². The third-order valence-electron chi connectivity index (χ3n) is 1.27. The lowest BCUT2D eigenvalue weighted by Crippen LogP contribution is -2.30. The van der Waals surface area contributed by atoms with Gasteiger partial charge in [-0.2, -0.15) is 0 Å². The van der Waals surface area contributed by atoms with E-state index in [1.807, 2.05) is 5.43 Å². The minimum absolute atomic E-state index is 0.353. The van der Waals surface area contributed by atoms with Gasteiger partial charge in [-0.3, -0.25) is 10.2 Å². The van der Waals surface area contributed by atoms with E-state index in [4.69, 9.17) is 11.6 Å². The van der Waals surface area contributed by atoms with Crippen LogP contribution >= 0.6 is 11.3 Å². The van der Waals surface area contributed by atoms with E-state index in [0.29, 0.717) is 18.7 Å². The molecule has 1 amide bonds. The van der Waals surface area contributed by atoms with Crippen LogP contribution in [0.3, 0.4) is 0 Å². The molecule has 6 heteroatoms. The highest BCUT2D eigenvalue weighted by molar-refractivity contribution is 7.09. The van der Waals surface area contributed by atoms with Crippen LogP contribution in [0, 0.1) is 0 Å². The number of carbonyl (C=O) groups is 1. The number of amides is 1. The fourth-order valence-corrected chi connectivity index (χ4v) is 1.52. The van der Waals surface area contributed by atoms with Crippen molar-refractivity contribution in [3.05, 3.63) is 16.1 Å². The van der Waals surface area contributed by atoms with Crippen LogP contribution in [0.15, 0.2) is 5.38 Å². The fraction of sp³-hybridized carbons (Fsp3) is 0.333. The number of nitrogens with one attached hydrogen (secondary N) is 1. The minimum Gasteiger partial charge on any atom is -0.330 e. The molecule has 1 heterocycles. The summed E-state index contributed by atoms with van der Waals surface area (Å²) in [6.07, 6.45) is 0.697. The van der Waals surface area contributed by atoms with Gasteiger partial charge in [-0.05, 0) is 6.54 Å². The molecule has 0 radical (unpaired) electrons. The molecule has 1 aromatic rings. The summed E-state index contributed by atoms with van der Waals surface area (Å²) in [6.45, 7) is 0.539. The molecule has 0 spiro atoms. The van der Waals surface area contributed by atoms with Gasteiger partial charge < -0.3 is 5.73 Å². The van der Waals surface area contributed by atoms with Crippen molar-refractivity contribution in [2.45, 2.75) is 6.42 Å². The molecule has 0 fully saturated rings. The van der Waals surface area contributed by atoms with Crippen molar-refractivity contribution in [2.75, 3.05) is 6.54 Å². The molecular weight excluding hydrogens is 176 g/mol. The molecule has 0 unspecified atom stereocenters. The zero-order valence-electron chi connectivity index (χ0n) is 6.41. The lowest BCUT2D eigenvalue weighted by molar-refractivity contribution is 0.0949. The molecule has 0 aliphatic rings. The van der Waals surface area contributed by atoms with Crippen molar-refractivity contribution < 1.29 is 4.79 Å². The summed E-state index contributed by atoms with van der Waals surface area (Å²) in [7, 11) is 0. The van der Waals surface area contributed by atoms with Crippen molar-refractivity contribution in [3.8, 4) is 0 Å². The van der Waals surface area contributed by atoms with Gasteiger partial charge >= 0.3 is 0 Å². The molecule has 1 aromatic heterocycles. The average molecular weight is 186 g/mol. The van der Waals surface area contributed by atoms with E-state index < -0.39 is 0 Å². The minimum atomic E-state index is -0.366. The first-order chi connectivity index (χ1) is 5.77. The Morgan fingerprint density at radius 2 is 2.50 bits per heavy atom. The number of hydrazine groups is 1. The first kappa shape index (κ1) is 9.11. The number of rotatable bonds is 3. The number of aromatic nitrogens is 1. The van der Waals surface area contributed by atoms with Crippen LogP contribution in [0.4, 0.5) is 0 Å². The van der Waals surface area contributed by atoms with Gasteiger partial charge in [0.2, 0.25) is 0 Å². The second-order valence-corrected chi connectivity index (χ2v) is 3.08. The smallest absolute Gasteiger partial charge is 0.284 e. The van der Waals surface area contributed by atoms with Crippen LogP contribution < -0.4 is 17.0 Å². The molecular formula is C6H10N4OS. The molecule has 0 aliphatic carbocycles. The standard InChI is InChI=1S/C6H10N4OS/c7-2-1-5-9-4(3-12-5)6(11)10-8/h3H,1-2,7-8H2,(H,10,11). The Morgan fingerprint density at radius 1 is 1.75 bits per heavy atom. The largest absolute Gasteiger partial charge is 0.330 e. The Hall–Kier alpha value is -0.980. The van der Waals surface area contributed by atoms with Gasteiger partial charge in [0.05, 0.1) is 5.01 Å². The van der Waals surface area contributed by atoms with Gasteiger partial charge in [0.1, 0.15) is 5.69 Å².